The number of para-hydroxylation sites is 1. The van der Waals surface area contributed by atoms with Crippen LogP contribution in [0.25, 0.3) is 0 Å². The van der Waals surface area contributed by atoms with Crippen LogP contribution in [0.5, 0.6) is 5.75 Å². The molecule has 1 heterocycles. The van der Waals surface area contributed by atoms with Crippen LogP contribution in [0.1, 0.15) is 18.0 Å². The number of nitrogens with one attached hydrogen (secondary N) is 1. The molecule has 0 amide bonds. The van der Waals surface area contributed by atoms with Gasteiger partial charge in [-0.15, -0.1) is 0 Å². The van der Waals surface area contributed by atoms with Crippen molar-refractivity contribution in [2.75, 3.05) is 20.3 Å². The van der Waals surface area contributed by atoms with Gasteiger partial charge in [0.15, 0.2) is 0 Å². The summed E-state index contributed by atoms with van der Waals surface area (Å²) in [4.78, 5) is 0. The van der Waals surface area contributed by atoms with Crippen molar-refractivity contribution >= 4 is 0 Å². The third-order valence-electron chi connectivity index (χ3n) is 2.94. The van der Waals surface area contributed by atoms with E-state index in [9.17, 15) is 5.11 Å². The average molecular weight is 207 g/mol. The third kappa shape index (κ3) is 2.30. The van der Waals surface area contributed by atoms with Gasteiger partial charge in [-0.05, 0) is 18.4 Å². The fourth-order valence-corrected chi connectivity index (χ4v) is 2.19. The number of ether oxygens (including phenoxy) is 1. The third-order valence-corrected chi connectivity index (χ3v) is 2.94. The smallest absolute Gasteiger partial charge is 0.120 e. The van der Waals surface area contributed by atoms with E-state index in [4.69, 9.17) is 4.74 Å². The minimum absolute atomic E-state index is 0.270. The van der Waals surface area contributed by atoms with E-state index in [2.05, 4.69) is 5.32 Å². The van der Waals surface area contributed by atoms with E-state index in [0.717, 1.165) is 25.1 Å². The Bertz CT molecular complexity index is 327. The predicted octanol–water partition coefficient (Wildman–Crippen LogP) is 1.69. The molecule has 1 fully saturated rings. The molecule has 0 bridgehead atoms. The zero-order valence-corrected chi connectivity index (χ0v) is 8.94. The van der Waals surface area contributed by atoms with Crippen LogP contribution in [0, 0.1) is 5.92 Å². The Balaban J connectivity index is 2.04. The zero-order valence-electron chi connectivity index (χ0n) is 8.94. The van der Waals surface area contributed by atoms with Crippen molar-refractivity contribution in [1.29, 1.82) is 0 Å². The lowest BCUT2D eigenvalue weighted by Crippen LogP contribution is -2.15. The SMILES string of the molecule is COCC1CNC(c2ccccc2O)C1. The number of phenols is 1. The van der Waals surface area contributed by atoms with Crippen molar-refractivity contribution in [1.82, 2.24) is 5.32 Å². The maximum absolute atomic E-state index is 9.72. The molecular weight excluding hydrogens is 190 g/mol. The second-order valence-electron chi connectivity index (χ2n) is 4.08. The van der Waals surface area contributed by atoms with E-state index in [0.29, 0.717) is 11.7 Å². The van der Waals surface area contributed by atoms with Crippen LogP contribution in [-0.2, 0) is 4.74 Å². The maximum atomic E-state index is 9.72. The van der Waals surface area contributed by atoms with Crippen molar-refractivity contribution < 1.29 is 9.84 Å². The molecule has 2 atom stereocenters. The number of rotatable bonds is 3. The number of phenolic OH excluding ortho intramolecular Hbond substituents is 1. The predicted molar refractivity (Wildman–Crippen MR) is 58.8 cm³/mol. The Labute approximate surface area is 90.1 Å². The van der Waals surface area contributed by atoms with Crippen LogP contribution in [0.4, 0.5) is 0 Å². The molecule has 0 radical (unpaired) electrons. The number of methoxy groups -OCH3 is 1. The maximum Gasteiger partial charge on any atom is 0.120 e. The van der Waals surface area contributed by atoms with Gasteiger partial charge in [-0.2, -0.15) is 0 Å². The molecule has 1 aliphatic rings. The fourth-order valence-electron chi connectivity index (χ4n) is 2.19. The van der Waals surface area contributed by atoms with Gasteiger partial charge in [-0.3, -0.25) is 0 Å². The Kier molecular flexibility index (Phi) is 3.23. The van der Waals surface area contributed by atoms with Crippen LogP contribution >= 0.6 is 0 Å². The van der Waals surface area contributed by atoms with Gasteiger partial charge in [0, 0.05) is 25.3 Å². The lowest BCUT2D eigenvalue weighted by molar-refractivity contribution is 0.159. The van der Waals surface area contributed by atoms with Crippen LogP contribution in [0.2, 0.25) is 0 Å². The van der Waals surface area contributed by atoms with E-state index in [-0.39, 0.29) is 6.04 Å². The molecule has 0 saturated carbocycles. The van der Waals surface area contributed by atoms with Gasteiger partial charge < -0.3 is 15.2 Å². The molecular formula is C12H17NO2. The van der Waals surface area contributed by atoms with Gasteiger partial charge >= 0.3 is 0 Å². The summed E-state index contributed by atoms with van der Waals surface area (Å²) in [5.74, 6) is 0.938. The molecule has 0 spiro atoms. The zero-order chi connectivity index (χ0) is 10.7. The molecule has 1 aromatic rings. The van der Waals surface area contributed by atoms with E-state index in [1.165, 1.54) is 0 Å². The molecule has 1 aliphatic heterocycles. The Hall–Kier alpha value is -1.06. The highest BCUT2D eigenvalue weighted by Gasteiger charge is 2.26. The quantitative estimate of drug-likeness (QED) is 0.792. The van der Waals surface area contributed by atoms with Crippen LogP contribution in [-0.4, -0.2) is 25.4 Å². The van der Waals surface area contributed by atoms with E-state index < -0.39 is 0 Å². The summed E-state index contributed by atoms with van der Waals surface area (Å²) in [5, 5.41) is 13.1. The van der Waals surface area contributed by atoms with Gasteiger partial charge in [0.2, 0.25) is 0 Å². The molecule has 15 heavy (non-hydrogen) atoms. The van der Waals surface area contributed by atoms with Gasteiger partial charge in [0.1, 0.15) is 5.75 Å². The van der Waals surface area contributed by atoms with E-state index in [1.54, 1.807) is 13.2 Å². The van der Waals surface area contributed by atoms with E-state index in [1.807, 2.05) is 18.2 Å². The standard InChI is InChI=1S/C12H17NO2/c1-15-8-9-6-11(13-7-9)10-4-2-3-5-12(10)14/h2-5,9,11,13-14H,6-8H2,1H3. The molecule has 3 nitrogen and oxygen atoms in total. The summed E-state index contributed by atoms with van der Waals surface area (Å²) in [5.41, 5.74) is 0.996. The van der Waals surface area contributed by atoms with Gasteiger partial charge in [-0.25, -0.2) is 0 Å². The molecule has 1 saturated heterocycles. The van der Waals surface area contributed by atoms with E-state index >= 15 is 0 Å². The van der Waals surface area contributed by atoms with Crippen LogP contribution in [0.15, 0.2) is 24.3 Å². The lowest BCUT2D eigenvalue weighted by Gasteiger charge is -2.12. The first-order valence-corrected chi connectivity index (χ1v) is 5.31. The van der Waals surface area contributed by atoms with Gasteiger partial charge in [-0.1, -0.05) is 18.2 Å². The fraction of sp³-hybridized carbons (Fsp3) is 0.500. The summed E-state index contributed by atoms with van der Waals surface area (Å²) in [6.45, 7) is 1.75. The molecule has 0 aliphatic carbocycles. The Morgan fingerprint density at radius 2 is 2.27 bits per heavy atom. The first-order valence-electron chi connectivity index (χ1n) is 5.31. The summed E-state index contributed by atoms with van der Waals surface area (Å²) in [6, 6.07) is 7.79. The molecule has 2 N–H and O–H groups in total. The summed E-state index contributed by atoms with van der Waals surface area (Å²) in [6.07, 6.45) is 1.03. The van der Waals surface area contributed by atoms with Crippen LogP contribution in [0.3, 0.4) is 0 Å². The normalized spacial score (nSPS) is 25.7. The van der Waals surface area contributed by atoms with Crippen molar-refractivity contribution in [3.05, 3.63) is 29.8 Å². The number of benzene rings is 1. The summed E-state index contributed by atoms with van der Waals surface area (Å²) in [7, 11) is 1.73. The van der Waals surface area contributed by atoms with Crippen molar-refractivity contribution in [2.45, 2.75) is 12.5 Å². The highest BCUT2D eigenvalue weighted by Crippen LogP contribution is 2.32. The Morgan fingerprint density at radius 1 is 1.47 bits per heavy atom. The van der Waals surface area contributed by atoms with Crippen molar-refractivity contribution in [3.8, 4) is 5.75 Å². The average Bonchev–Trinajstić information content (AvgIpc) is 2.68. The number of hydrogen-bond donors (Lipinski definition) is 2. The monoisotopic (exact) mass is 207 g/mol. The molecule has 82 valence electrons. The highest BCUT2D eigenvalue weighted by molar-refractivity contribution is 5.35. The number of hydrogen-bond acceptors (Lipinski definition) is 3. The number of aromatic hydroxyl groups is 1. The van der Waals surface area contributed by atoms with Crippen LogP contribution < -0.4 is 5.32 Å². The van der Waals surface area contributed by atoms with Crippen molar-refractivity contribution in [3.63, 3.8) is 0 Å². The van der Waals surface area contributed by atoms with Gasteiger partial charge in [0.05, 0.1) is 6.61 Å². The molecule has 0 aromatic heterocycles. The lowest BCUT2D eigenvalue weighted by atomic mass is 10.00. The minimum Gasteiger partial charge on any atom is -0.508 e. The second kappa shape index (κ2) is 4.64. The molecule has 3 heteroatoms. The molecule has 2 rings (SSSR count). The van der Waals surface area contributed by atoms with Gasteiger partial charge in [0.25, 0.3) is 0 Å². The largest absolute Gasteiger partial charge is 0.508 e. The molecule has 1 aromatic carbocycles. The topological polar surface area (TPSA) is 41.5 Å². The summed E-state index contributed by atoms with van der Waals surface area (Å²) >= 11 is 0. The summed E-state index contributed by atoms with van der Waals surface area (Å²) < 4.78 is 5.14. The molecule has 2 unspecified atom stereocenters. The second-order valence-corrected chi connectivity index (χ2v) is 4.08. The first-order chi connectivity index (χ1) is 7.31. The minimum atomic E-state index is 0.270. The highest BCUT2D eigenvalue weighted by atomic mass is 16.5. The van der Waals surface area contributed by atoms with Crippen molar-refractivity contribution in [2.24, 2.45) is 5.92 Å². The first kappa shape index (κ1) is 10.5. The Morgan fingerprint density at radius 3 is 3.00 bits per heavy atom.